The molecule has 2 atom stereocenters. The Hall–Kier alpha value is 0.110. The van der Waals surface area contributed by atoms with Crippen molar-refractivity contribution in [3.8, 4) is 0 Å². The molecule has 0 aliphatic carbocycles. The number of hydrogen-bond acceptors (Lipinski definition) is 4. The first kappa shape index (κ1) is 46.1. The quantitative estimate of drug-likeness (QED) is 0.0484. The fourth-order valence-corrected chi connectivity index (χ4v) is 8.57. The van der Waals surface area contributed by atoms with E-state index in [0.717, 1.165) is 26.1 Å². The minimum atomic E-state index is -3.15. The predicted octanol–water partition coefficient (Wildman–Crippen LogP) is 14.4. The summed E-state index contributed by atoms with van der Waals surface area (Å²) in [7, 11) is -3.15. The van der Waals surface area contributed by atoms with E-state index in [1.807, 2.05) is 0 Å². The van der Waals surface area contributed by atoms with Crippen molar-refractivity contribution in [2.45, 2.75) is 215 Å². The van der Waals surface area contributed by atoms with E-state index in [9.17, 15) is 4.57 Å². The van der Waals surface area contributed by atoms with Gasteiger partial charge in [-0.3, -0.25) is 4.57 Å². The lowest BCUT2D eigenvalue weighted by Crippen LogP contribution is -2.27. The van der Waals surface area contributed by atoms with Gasteiger partial charge in [0.15, 0.2) is 0 Å². The summed E-state index contributed by atoms with van der Waals surface area (Å²) in [5.41, 5.74) is 0. The largest absolute Gasteiger partial charge is 0.330 e. The van der Waals surface area contributed by atoms with Crippen LogP contribution in [0.4, 0.5) is 0 Å². The molecule has 0 aromatic carbocycles. The molecule has 0 bridgehead atoms. The van der Waals surface area contributed by atoms with Gasteiger partial charge in [-0.15, -0.1) is 0 Å². The molecular formula is C41H86NO3P. The van der Waals surface area contributed by atoms with Gasteiger partial charge in [0.1, 0.15) is 0 Å². The molecular weight excluding hydrogens is 585 g/mol. The van der Waals surface area contributed by atoms with E-state index in [2.05, 4.69) is 46.4 Å². The number of unbranched alkanes of at least 4 members (excludes halogenated alkanes) is 16. The summed E-state index contributed by atoms with van der Waals surface area (Å²) < 4.78 is 27.6. The van der Waals surface area contributed by atoms with Crippen LogP contribution in [0.2, 0.25) is 0 Å². The van der Waals surface area contributed by atoms with Crippen molar-refractivity contribution >= 4 is 7.60 Å². The third-order valence-electron chi connectivity index (χ3n) is 9.86. The first-order valence-electron chi connectivity index (χ1n) is 21.1. The van der Waals surface area contributed by atoms with Crippen molar-refractivity contribution in [3.05, 3.63) is 0 Å². The van der Waals surface area contributed by atoms with Crippen LogP contribution in [0, 0.1) is 11.8 Å². The Morgan fingerprint density at radius 3 is 1.09 bits per heavy atom. The molecule has 0 N–H and O–H groups in total. The molecule has 5 heteroatoms. The molecule has 0 saturated heterocycles. The van der Waals surface area contributed by atoms with Gasteiger partial charge in [-0.2, -0.15) is 0 Å². The van der Waals surface area contributed by atoms with Crippen LogP contribution >= 0.6 is 7.60 Å². The van der Waals surface area contributed by atoms with E-state index < -0.39 is 7.60 Å². The van der Waals surface area contributed by atoms with E-state index in [1.54, 1.807) is 0 Å². The summed E-state index contributed by atoms with van der Waals surface area (Å²) in [6.07, 6.45) is 34.9. The average molecular weight is 672 g/mol. The highest BCUT2D eigenvalue weighted by Gasteiger charge is 2.28. The van der Waals surface area contributed by atoms with Crippen LogP contribution in [0.15, 0.2) is 0 Å². The van der Waals surface area contributed by atoms with Crippen molar-refractivity contribution < 1.29 is 13.6 Å². The fraction of sp³-hybridized carbons (Fsp3) is 1.00. The van der Waals surface area contributed by atoms with Crippen LogP contribution in [-0.2, 0) is 13.6 Å². The Morgan fingerprint density at radius 2 is 0.739 bits per heavy atom. The van der Waals surface area contributed by atoms with Gasteiger partial charge in [0.25, 0.3) is 0 Å². The van der Waals surface area contributed by atoms with Gasteiger partial charge in [0.2, 0.25) is 0 Å². The van der Waals surface area contributed by atoms with E-state index in [4.69, 9.17) is 9.05 Å². The van der Waals surface area contributed by atoms with Gasteiger partial charge >= 0.3 is 7.60 Å². The van der Waals surface area contributed by atoms with E-state index in [-0.39, 0.29) is 0 Å². The molecule has 0 aliphatic heterocycles. The molecule has 278 valence electrons. The molecule has 0 radical (unpaired) electrons. The molecule has 0 spiro atoms. The summed E-state index contributed by atoms with van der Waals surface area (Å²) in [5, 5.41) is 0. The van der Waals surface area contributed by atoms with E-state index in [1.165, 1.54) is 167 Å². The van der Waals surface area contributed by atoms with Gasteiger partial charge in [0.05, 0.1) is 19.4 Å². The van der Waals surface area contributed by atoms with Crippen LogP contribution in [-0.4, -0.2) is 43.9 Å². The summed E-state index contributed by atoms with van der Waals surface area (Å²) >= 11 is 0. The molecule has 0 rings (SSSR count). The highest BCUT2D eigenvalue weighted by atomic mass is 31.2. The van der Waals surface area contributed by atoms with Gasteiger partial charge in [-0.1, -0.05) is 170 Å². The molecule has 0 aromatic rings. The Bertz CT molecular complexity index is 599. The third-order valence-corrected chi connectivity index (χ3v) is 11.8. The second-order valence-electron chi connectivity index (χ2n) is 14.7. The molecule has 46 heavy (non-hydrogen) atoms. The normalized spacial score (nSPS) is 14.6. The van der Waals surface area contributed by atoms with Gasteiger partial charge in [0, 0.05) is 0 Å². The summed E-state index contributed by atoms with van der Waals surface area (Å²) in [4.78, 5) is 2.54. The maximum absolute atomic E-state index is 14.5. The monoisotopic (exact) mass is 672 g/mol. The van der Waals surface area contributed by atoms with Gasteiger partial charge in [-0.25, -0.2) is 0 Å². The topological polar surface area (TPSA) is 38.8 Å². The maximum atomic E-state index is 14.5. The Morgan fingerprint density at radius 1 is 0.413 bits per heavy atom. The van der Waals surface area contributed by atoms with Gasteiger partial charge in [-0.05, 0) is 76.4 Å². The minimum Gasteiger partial charge on any atom is -0.308 e. The lowest BCUT2D eigenvalue weighted by molar-refractivity contribution is 0.145. The molecule has 0 fully saturated rings. The fourth-order valence-electron chi connectivity index (χ4n) is 6.83. The number of nitrogens with zero attached hydrogens (tertiary/aromatic N) is 1. The Balaban J connectivity index is 5.43. The Kier molecular flexibility index (Phi) is 35.0. The molecule has 0 heterocycles. The van der Waals surface area contributed by atoms with Crippen LogP contribution in [0.3, 0.4) is 0 Å². The van der Waals surface area contributed by atoms with Crippen LogP contribution < -0.4 is 0 Å². The van der Waals surface area contributed by atoms with E-state index in [0.29, 0.717) is 31.2 Å². The molecule has 0 saturated carbocycles. The highest BCUT2D eigenvalue weighted by Crippen LogP contribution is 2.50. The van der Waals surface area contributed by atoms with Crippen LogP contribution in [0.25, 0.3) is 0 Å². The van der Waals surface area contributed by atoms with Gasteiger partial charge < -0.3 is 13.9 Å². The van der Waals surface area contributed by atoms with Crippen molar-refractivity contribution in [1.29, 1.82) is 0 Å². The lowest BCUT2D eigenvalue weighted by atomic mass is 9.95. The van der Waals surface area contributed by atoms with Crippen molar-refractivity contribution in [2.75, 3.05) is 39.0 Å². The smallest absolute Gasteiger partial charge is 0.308 e. The zero-order valence-corrected chi connectivity index (χ0v) is 33.5. The molecule has 0 aromatic heterocycles. The molecule has 4 nitrogen and oxygen atoms in total. The third kappa shape index (κ3) is 29.1. The Labute approximate surface area is 291 Å². The zero-order chi connectivity index (χ0) is 34.0. The molecule has 0 aliphatic rings. The highest BCUT2D eigenvalue weighted by molar-refractivity contribution is 7.53. The first-order chi connectivity index (χ1) is 22.5. The SMILES string of the molecule is CCCCCCCCC(CCCCCC)COP(=O)(CCCN(CCC)CCC)OCC(CCCCCC)CCCCCCCC. The van der Waals surface area contributed by atoms with E-state index >= 15 is 0 Å². The average Bonchev–Trinajstić information content (AvgIpc) is 3.05. The van der Waals surface area contributed by atoms with Crippen molar-refractivity contribution in [1.82, 2.24) is 4.90 Å². The van der Waals surface area contributed by atoms with Crippen molar-refractivity contribution in [2.24, 2.45) is 11.8 Å². The maximum Gasteiger partial charge on any atom is 0.330 e. The zero-order valence-electron chi connectivity index (χ0n) is 32.6. The lowest BCUT2D eigenvalue weighted by Gasteiger charge is -2.26. The van der Waals surface area contributed by atoms with Crippen molar-refractivity contribution in [3.63, 3.8) is 0 Å². The number of hydrogen-bond donors (Lipinski definition) is 0. The van der Waals surface area contributed by atoms with Crippen LogP contribution in [0.5, 0.6) is 0 Å². The second-order valence-corrected chi connectivity index (χ2v) is 16.9. The molecule has 2 unspecified atom stereocenters. The molecule has 0 amide bonds. The summed E-state index contributed by atoms with van der Waals surface area (Å²) in [5.74, 6) is 1.01. The minimum absolute atomic E-state index is 0.504. The predicted molar refractivity (Wildman–Crippen MR) is 207 cm³/mol. The second kappa shape index (κ2) is 35.0. The van der Waals surface area contributed by atoms with Crippen LogP contribution in [0.1, 0.15) is 215 Å². The standard InChI is InChI=1S/C41H86NO3P/c1-7-13-17-21-23-27-32-40(30-25-19-15-9-3)38-44-46(43,37-29-36-42(34-11-5)35-12-6)45-39-41(31-26-20-16-10-4)33-28-24-22-18-14-8-2/h40-41H,7-39H2,1-6H3. The summed E-state index contributed by atoms with van der Waals surface area (Å²) in [6, 6.07) is 0. The summed E-state index contributed by atoms with van der Waals surface area (Å²) in [6.45, 7) is 18.1. The number of rotatable bonds is 38. The first-order valence-corrected chi connectivity index (χ1v) is 22.8.